The molecule has 21 heavy (non-hydrogen) atoms. The zero-order valence-corrected chi connectivity index (χ0v) is 11.4. The van der Waals surface area contributed by atoms with Crippen molar-refractivity contribution in [2.75, 3.05) is 0 Å². The molecule has 0 aliphatic carbocycles. The predicted molar refractivity (Wildman–Crippen MR) is 75.0 cm³/mol. The van der Waals surface area contributed by atoms with E-state index in [1.807, 2.05) is 31.2 Å². The Balaban J connectivity index is 1.90. The first-order valence-electron chi connectivity index (χ1n) is 6.33. The summed E-state index contributed by atoms with van der Waals surface area (Å²) in [6.45, 7) is 2.30. The molecule has 2 aromatic rings. The Bertz CT molecular complexity index is 618. The zero-order chi connectivity index (χ0) is 15.3. The van der Waals surface area contributed by atoms with Crippen LogP contribution in [0.1, 0.15) is 22.3 Å². The molecule has 0 saturated carbocycles. The molecule has 0 aliphatic heterocycles. The summed E-state index contributed by atoms with van der Waals surface area (Å²) in [7, 11) is 0. The lowest BCUT2D eigenvalue weighted by molar-refractivity contribution is -0.137. The van der Waals surface area contributed by atoms with Crippen LogP contribution in [0.25, 0.3) is 0 Å². The fraction of sp³-hybridized carbons (Fsp3) is 0.188. The fourth-order valence-electron chi connectivity index (χ4n) is 1.77. The molecule has 0 amide bonds. The van der Waals surface area contributed by atoms with Crippen molar-refractivity contribution in [2.45, 2.75) is 19.7 Å². The first-order chi connectivity index (χ1) is 9.95. The van der Waals surface area contributed by atoms with Gasteiger partial charge in [-0.3, -0.25) is 0 Å². The van der Waals surface area contributed by atoms with Crippen LogP contribution in [0.4, 0.5) is 13.2 Å². The summed E-state index contributed by atoms with van der Waals surface area (Å²) in [6, 6.07) is 12.5. The van der Waals surface area contributed by atoms with Crippen LogP contribution in [-0.4, -0.2) is 6.21 Å². The molecule has 0 aromatic heterocycles. The summed E-state index contributed by atoms with van der Waals surface area (Å²) < 4.78 is 37.2. The van der Waals surface area contributed by atoms with Crippen LogP contribution in [0.5, 0.6) is 0 Å². The maximum atomic E-state index is 12.4. The number of benzene rings is 2. The Morgan fingerprint density at radius 1 is 1.10 bits per heavy atom. The van der Waals surface area contributed by atoms with Gasteiger partial charge in [0, 0.05) is 0 Å². The zero-order valence-electron chi connectivity index (χ0n) is 11.4. The molecular weight excluding hydrogens is 279 g/mol. The number of hydrogen-bond acceptors (Lipinski definition) is 2. The van der Waals surface area contributed by atoms with Crippen molar-refractivity contribution >= 4 is 6.21 Å². The molecule has 0 radical (unpaired) electrons. The Hall–Kier alpha value is -2.30. The highest BCUT2D eigenvalue weighted by Crippen LogP contribution is 2.28. The molecule has 0 atom stereocenters. The molecule has 2 rings (SSSR count). The van der Waals surface area contributed by atoms with Crippen LogP contribution in [0.15, 0.2) is 53.7 Å². The molecule has 0 saturated heterocycles. The molecule has 2 nitrogen and oxygen atoms in total. The standard InChI is InChI=1S/C16H14F3NO/c1-12-3-2-4-14(9-12)11-21-20-10-13-5-7-15(8-6-13)16(17,18)19/h2-10H,11H2,1H3. The first kappa shape index (κ1) is 15.1. The monoisotopic (exact) mass is 293 g/mol. The first-order valence-corrected chi connectivity index (χ1v) is 6.33. The van der Waals surface area contributed by atoms with E-state index in [4.69, 9.17) is 4.84 Å². The van der Waals surface area contributed by atoms with E-state index in [0.29, 0.717) is 12.2 Å². The van der Waals surface area contributed by atoms with E-state index in [9.17, 15) is 13.2 Å². The molecule has 0 heterocycles. The van der Waals surface area contributed by atoms with Gasteiger partial charge in [0.15, 0.2) is 0 Å². The highest BCUT2D eigenvalue weighted by atomic mass is 19.4. The van der Waals surface area contributed by atoms with Crippen molar-refractivity contribution in [1.29, 1.82) is 0 Å². The number of alkyl halides is 3. The summed E-state index contributed by atoms with van der Waals surface area (Å²) in [6.07, 6.45) is -2.94. The summed E-state index contributed by atoms with van der Waals surface area (Å²) in [5.41, 5.74) is 1.98. The number of hydrogen-bond donors (Lipinski definition) is 0. The van der Waals surface area contributed by atoms with Crippen LogP contribution in [0, 0.1) is 6.92 Å². The molecule has 110 valence electrons. The number of rotatable bonds is 4. The van der Waals surface area contributed by atoms with Gasteiger partial charge < -0.3 is 4.84 Å². The summed E-state index contributed by atoms with van der Waals surface area (Å²) >= 11 is 0. The minimum atomic E-state index is -4.32. The van der Waals surface area contributed by atoms with E-state index >= 15 is 0 Å². The van der Waals surface area contributed by atoms with Crippen LogP contribution >= 0.6 is 0 Å². The van der Waals surface area contributed by atoms with Gasteiger partial charge in [0.25, 0.3) is 0 Å². The lowest BCUT2D eigenvalue weighted by atomic mass is 10.1. The smallest absolute Gasteiger partial charge is 0.391 e. The van der Waals surface area contributed by atoms with E-state index in [1.165, 1.54) is 18.3 Å². The van der Waals surface area contributed by atoms with Crippen LogP contribution in [-0.2, 0) is 17.6 Å². The van der Waals surface area contributed by atoms with Gasteiger partial charge in [0.2, 0.25) is 0 Å². The van der Waals surface area contributed by atoms with Crippen molar-refractivity contribution in [2.24, 2.45) is 5.16 Å². The quantitative estimate of drug-likeness (QED) is 0.598. The van der Waals surface area contributed by atoms with Crippen molar-refractivity contribution in [3.8, 4) is 0 Å². The van der Waals surface area contributed by atoms with Gasteiger partial charge in [0.05, 0.1) is 11.8 Å². The van der Waals surface area contributed by atoms with Crippen molar-refractivity contribution in [1.82, 2.24) is 0 Å². The molecule has 0 aliphatic rings. The van der Waals surface area contributed by atoms with Crippen LogP contribution in [0.3, 0.4) is 0 Å². The maximum absolute atomic E-state index is 12.4. The van der Waals surface area contributed by atoms with Gasteiger partial charge in [-0.1, -0.05) is 47.1 Å². The molecule has 5 heteroatoms. The number of aryl methyl sites for hydroxylation is 1. The second kappa shape index (κ2) is 6.43. The van der Waals surface area contributed by atoms with Crippen molar-refractivity contribution < 1.29 is 18.0 Å². The molecule has 0 fully saturated rings. The minimum Gasteiger partial charge on any atom is -0.391 e. The average Bonchev–Trinajstić information content (AvgIpc) is 2.43. The van der Waals surface area contributed by atoms with Gasteiger partial charge in [-0.15, -0.1) is 0 Å². The van der Waals surface area contributed by atoms with Gasteiger partial charge in [0.1, 0.15) is 6.61 Å². The van der Waals surface area contributed by atoms with E-state index < -0.39 is 11.7 Å². The highest BCUT2D eigenvalue weighted by Gasteiger charge is 2.29. The van der Waals surface area contributed by atoms with Crippen LogP contribution < -0.4 is 0 Å². The lowest BCUT2D eigenvalue weighted by Crippen LogP contribution is -2.04. The summed E-state index contributed by atoms with van der Waals surface area (Å²) in [5, 5.41) is 3.75. The van der Waals surface area contributed by atoms with E-state index in [1.54, 1.807) is 0 Å². The van der Waals surface area contributed by atoms with Crippen LogP contribution in [0.2, 0.25) is 0 Å². The molecule has 0 N–H and O–H groups in total. The maximum Gasteiger partial charge on any atom is 0.416 e. The summed E-state index contributed by atoms with van der Waals surface area (Å²) in [5.74, 6) is 0. The second-order valence-corrected chi connectivity index (χ2v) is 4.62. The van der Waals surface area contributed by atoms with Gasteiger partial charge in [-0.25, -0.2) is 0 Å². The molecule has 0 unspecified atom stereocenters. The number of halogens is 3. The number of oxime groups is 1. The second-order valence-electron chi connectivity index (χ2n) is 4.62. The largest absolute Gasteiger partial charge is 0.416 e. The topological polar surface area (TPSA) is 21.6 Å². The Morgan fingerprint density at radius 2 is 1.81 bits per heavy atom. The third-order valence-electron chi connectivity index (χ3n) is 2.83. The molecule has 0 bridgehead atoms. The Morgan fingerprint density at radius 3 is 2.43 bits per heavy atom. The fourth-order valence-corrected chi connectivity index (χ4v) is 1.77. The Kier molecular flexibility index (Phi) is 4.62. The van der Waals surface area contributed by atoms with E-state index in [-0.39, 0.29) is 0 Å². The third-order valence-corrected chi connectivity index (χ3v) is 2.83. The summed E-state index contributed by atoms with van der Waals surface area (Å²) in [4.78, 5) is 5.12. The Labute approximate surface area is 120 Å². The van der Waals surface area contributed by atoms with E-state index in [0.717, 1.165) is 23.3 Å². The predicted octanol–water partition coefficient (Wildman–Crippen LogP) is 4.56. The highest BCUT2D eigenvalue weighted by molar-refractivity contribution is 5.79. The van der Waals surface area contributed by atoms with Gasteiger partial charge >= 0.3 is 6.18 Å². The van der Waals surface area contributed by atoms with E-state index in [2.05, 4.69) is 5.16 Å². The minimum absolute atomic E-state index is 0.318. The molecule has 0 spiro atoms. The normalized spacial score (nSPS) is 11.8. The number of nitrogens with zero attached hydrogens (tertiary/aromatic N) is 1. The van der Waals surface area contributed by atoms with Gasteiger partial charge in [-0.05, 0) is 30.2 Å². The van der Waals surface area contributed by atoms with Gasteiger partial charge in [-0.2, -0.15) is 13.2 Å². The third kappa shape index (κ3) is 4.63. The van der Waals surface area contributed by atoms with Crippen molar-refractivity contribution in [3.05, 3.63) is 70.8 Å². The molecular formula is C16H14F3NO. The molecule has 2 aromatic carbocycles. The van der Waals surface area contributed by atoms with Crippen molar-refractivity contribution in [3.63, 3.8) is 0 Å². The average molecular weight is 293 g/mol. The SMILES string of the molecule is Cc1cccc(CON=Cc2ccc(C(F)(F)F)cc2)c1. The lowest BCUT2D eigenvalue weighted by Gasteiger charge is -2.05.